The highest BCUT2D eigenvalue weighted by atomic mass is 79.9. The Hall–Kier alpha value is -0.350. The van der Waals surface area contributed by atoms with Crippen LogP contribution in [0, 0.1) is 13.8 Å². The summed E-state index contributed by atoms with van der Waals surface area (Å²) in [5.41, 5.74) is 1.33. The second-order valence-electron chi connectivity index (χ2n) is 4.32. The van der Waals surface area contributed by atoms with Crippen LogP contribution in [0.25, 0.3) is 0 Å². The smallest absolute Gasteiger partial charge is 0.236 e. The molecule has 0 bridgehead atoms. The van der Waals surface area contributed by atoms with E-state index < -0.39 is 0 Å². The minimum absolute atomic E-state index is 0.0309. The van der Waals surface area contributed by atoms with Crippen molar-refractivity contribution in [2.75, 3.05) is 6.54 Å². The number of nitrogens with zero attached hydrogens (tertiary/aromatic N) is 1. The molecule has 0 spiro atoms. The lowest BCUT2D eigenvalue weighted by Gasteiger charge is -2.29. The first kappa shape index (κ1) is 12.1. The van der Waals surface area contributed by atoms with E-state index >= 15 is 0 Å². The average molecular weight is 302 g/mol. The highest BCUT2D eigenvalue weighted by Gasteiger charge is 2.26. The molecule has 2 rings (SSSR count). The molecule has 1 aliphatic heterocycles. The maximum absolute atomic E-state index is 11.9. The van der Waals surface area contributed by atoms with Crippen molar-refractivity contribution in [3.63, 3.8) is 0 Å². The Morgan fingerprint density at radius 1 is 1.56 bits per heavy atom. The lowest BCUT2D eigenvalue weighted by atomic mass is 10.1. The number of thiophene rings is 1. The van der Waals surface area contributed by atoms with E-state index in [2.05, 4.69) is 35.8 Å². The second kappa shape index (κ2) is 4.88. The van der Waals surface area contributed by atoms with Crippen LogP contribution in [0.1, 0.15) is 28.2 Å². The van der Waals surface area contributed by atoms with Crippen LogP contribution < -0.4 is 0 Å². The summed E-state index contributed by atoms with van der Waals surface area (Å²) in [6, 6.07) is 2.20. The molecule has 1 aromatic heterocycles. The van der Waals surface area contributed by atoms with E-state index in [0.29, 0.717) is 0 Å². The molecule has 0 radical (unpaired) electrons. The van der Waals surface area contributed by atoms with Gasteiger partial charge in [0.15, 0.2) is 0 Å². The predicted molar refractivity (Wildman–Crippen MR) is 71.2 cm³/mol. The van der Waals surface area contributed by atoms with Gasteiger partial charge in [-0.05, 0) is 38.3 Å². The van der Waals surface area contributed by atoms with Gasteiger partial charge in [-0.3, -0.25) is 4.79 Å². The fourth-order valence-electron chi connectivity index (χ4n) is 1.97. The molecule has 1 unspecified atom stereocenters. The Labute approximate surface area is 109 Å². The number of likely N-dealkylation sites (tertiary alicyclic amines) is 1. The molecule has 0 saturated carbocycles. The molecule has 1 aliphatic rings. The molecule has 0 aromatic carbocycles. The van der Waals surface area contributed by atoms with Gasteiger partial charge in [0.1, 0.15) is 0 Å². The van der Waals surface area contributed by atoms with E-state index in [1.54, 1.807) is 11.3 Å². The van der Waals surface area contributed by atoms with E-state index in [4.69, 9.17) is 0 Å². The van der Waals surface area contributed by atoms with Gasteiger partial charge in [0.2, 0.25) is 5.91 Å². The number of amides is 1. The van der Waals surface area contributed by atoms with E-state index in [9.17, 15) is 4.79 Å². The normalized spacial score (nSPS) is 21.6. The molecule has 1 aromatic rings. The first-order chi connectivity index (χ1) is 7.58. The molecule has 2 nitrogen and oxygen atoms in total. The number of carbonyl (C=O) groups is 1. The zero-order chi connectivity index (χ0) is 11.7. The van der Waals surface area contributed by atoms with Gasteiger partial charge >= 0.3 is 0 Å². The average Bonchev–Trinajstić information content (AvgIpc) is 2.54. The molecule has 88 valence electrons. The SMILES string of the molecule is Cc1cc(CN2CCCC(Br)C2=O)sc1C. The van der Waals surface area contributed by atoms with Crippen molar-refractivity contribution in [1.29, 1.82) is 0 Å². The standard InChI is InChI=1S/C12H16BrNOS/c1-8-6-10(16-9(8)2)7-14-5-3-4-11(13)12(14)15/h6,11H,3-5,7H2,1-2H3. The first-order valence-electron chi connectivity index (χ1n) is 5.56. The van der Waals surface area contributed by atoms with Crippen molar-refractivity contribution in [3.8, 4) is 0 Å². The summed E-state index contributed by atoms with van der Waals surface area (Å²) in [5, 5.41) is 0. The minimum Gasteiger partial charge on any atom is -0.337 e. The monoisotopic (exact) mass is 301 g/mol. The summed E-state index contributed by atoms with van der Waals surface area (Å²) < 4.78 is 0. The maximum Gasteiger partial charge on any atom is 0.236 e. The highest BCUT2D eigenvalue weighted by Crippen LogP contribution is 2.25. The van der Waals surface area contributed by atoms with Crippen molar-refractivity contribution in [3.05, 3.63) is 21.4 Å². The Morgan fingerprint density at radius 2 is 2.31 bits per heavy atom. The minimum atomic E-state index is 0.0309. The Bertz CT molecular complexity index is 382. The number of carbonyl (C=O) groups excluding carboxylic acids is 1. The van der Waals surface area contributed by atoms with Crippen LogP contribution in [-0.4, -0.2) is 22.2 Å². The zero-order valence-corrected chi connectivity index (χ0v) is 12.0. The molecule has 16 heavy (non-hydrogen) atoms. The summed E-state index contributed by atoms with van der Waals surface area (Å²) in [4.78, 5) is 16.6. The summed E-state index contributed by atoms with van der Waals surface area (Å²) in [6.07, 6.45) is 2.07. The Balaban J connectivity index is 2.06. The summed E-state index contributed by atoms with van der Waals surface area (Å²) in [5.74, 6) is 0.245. The van der Waals surface area contributed by atoms with E-state index in [1.165, 1.54) is 15.3 Å². The largest absolute Gasteiger partial charge is 0.337 e. The number of piperidine rings is 1. The lowest BCUT2D eigenvalue weighted by molar-refractivity contribution is -0.132. The molecule has 2 heterocycles. The second-order valence-corrected chi connectivity index (χ2v) is 6.77. The van der Waals surface area contributed by atoms with Gasteiger partial charge in [0.05, 0.1) is 11.4 Å². The Kier molecular flexibility index (Phi) is 3.70. The van der Waals surface area contributed by atoms with Crippen molar-refractivity contribution in [2.24, 2.45) is 0 Å². The van der Waals surface area contributed by atoms with Crippen molar-refractivity contribution in [1.82, 2.24) is 4.90 Å². The molecule has 1 fully saturated rings. The maximum atomic E-state index is 11.9. The number of halogens is 1. The van der Waals surface area contributed by atoms with Crippen LogP contribution >= 0.6 is 27.3 Å². The topological polar surface area (TPSA) is 20.3 Å². The number of hydrogen-bond donors (Lipinski definition) is 0. The molecule has 1 amide bonds. The van der Waals surface area contributed by atoms with Gasteiger partial charge in [0, 0.05) is 16.3 Å². The summed E-state index contributed by atoms with van der Waals surface area (Å²) >= 11 is 5.24. The van der Waals surface area contributed by atoms with Gasteiger partial charge in [-0.15, -0.1) is 11.3 Å². The Morgan fingerprint density at radius 3 is 2.94 bits per heavy atom. The van der Waals surface area contributed by atoms with Gasteiger partial charge < -0.3 is 4.90 Å². The van der Waals surface area contributed by atoms with E-state index in [-0.39, 0.29) is 10.7 Å². The van der Waals surface area contributed by atoms with Gasteiger partial charge in [-0.2, -0.15) is 0 Å². The van der Waals surface area contributed by atoms with Crippen LogP contribution in [0.4, 0.5) is 0 Å². The fraction of sp³-hybridized carbons (Fsp3) is 0.583. The van der Waals surface area contributed by atoms with E-state index in [0.717, 1.165) is 25.9 Å². The van der Waals surface area contributed by atoms with Crippen LogP contribution in [0.3, 0.4) is 0 Å². The molecular weight excluding hydrogens is 286 g/mol. The van der Waals surface area contributed by atoms with Crippen LogP contribution in [0.15, 0.2) is 6.07 Å². The number of rotatable bonds is 2. The molecular formula is C12H16BrNOS. The fourth-order valence-corrected chi connectivity index (χ4v) is 3.65. The third-order valence-electron chi connectivity index (χ3n) is 3.03. The van der Waals surface area contributed by atoms with Gasteiger partial charge in [0.25, 0.3) is 0 Å². The van der Waals surface area contributed by atoms with Gasteiger partial charge in [-0.25, -0.2) is 0 Å². The van der Waals surface area contributed by atoms with Gasteiger partial charge in [-0.1, -0.05) is 15.9 Å². The number of alkyl halides is 1. The van der Waals surface area contributed by atoms with Crippen LogP contribution in [-0.2, 0) is 11.3 Å². The first-order valence-corrected chi connectivity index (χ1v) is 7.30. The summed E-state index contributed by atoms with van der Waals surface area (Å²) in [6.45, 7) is 5.94. The number of hydrogen-bond acceptors (Lipinski definition) is 2. The summed E-state index contributed by atoms with van der Waals surface area (Å²) in [7, 11) is 0. The molecule has 1 saturated heterocycles. The molecule has 4 heteroatoms. The molecule has 0 aliphatic carbocycles. The molecule has 1 atom stereocenters. The predicted octanol–water partition coefficient (Wildman–Crippen LogP) is 3.25. The van der Waals surface area contributed by atoms with Crippen LogP contribution in [0.5, 0.6) is 0 Å². The number of aryl methyl sites for hydroxylation is 2. The van der Waals surface area contributed by atoms with Crippen LogP contribution in [0.2, 0.25) is 0 Å². The third kappa shape index (κ3) is 2.48. The zero-order valence-electron chi connectivity index (χ0n) is 9.62. The van der Waals surface area contributed by atoms with Crippen molar-refractivity contribution in [2.45, 2.75) is 38.1 Å². The highest BCUT2D eigenvalue weighted by molar-refractivity contribution is 9.10. The lowest BCUT2D eigenvalue weighted by Crippen LogP contribution is -2.40. The quantitative estimate of drug-likeness (QED) is 0.768. The van der Waals surface area contributed by atoms with Crippen molar-refractivity contribution < 1.29 is 4.79 Å². The van der Waals surface area contributed by atoms with E-state index in [1.807, 2.05) is 4.90 Å². The third-order valence-corrected chi connectivity index (χ3v) is 5.02. The van der Waals surface area contributed by atoms with Crippen molar-refractivity contribution >= 4 is 33.2 Å². The molecule has 0 N–H and O–H groups in total.